The molecule has 1 rings (SSSR count). The van der Waals surface area contributed by atoms with E-state index in [1.165, 1.54) is 6.33 Å². The molecule has 4 nitrogen and oxygen atoms in total. The summed E-state index contributed by atoms with van der Waals surface area (Å²) in [5, 5.41) is 9.24. The van der Waals surface area contributed by atoms with Crippen molar-refractivity contribution in [2.75, 3.05) is 11.9 Å². The molecule has 0 amide bonds. The van der Waals surface area contributed by atoms with Crippen molar-refractivity contribution in [3.05, 3.63) is 19.0 Å². The van der Waals surface area contributed by atoms with Crippen LogP contribution in [0, 0.1) is 0 Å². The van der Waals surface area contributed by atoms with E-state index in [2.05, 4.69) is 27.1 Å². The number of rotatable bonds is 3. The third-order valence-corrected chi connectivity index (χ3v) is 0.820. The number of hydrogen-bond acceptors (Lipinski definition) is 3. The molecule has 0 spiro atoms. The van der Waals surface area contributed by atoms with Gasteiger partial charge in [0.25, 0.3) is 0 Å². The molecular weight excluding hydrogens is 116 g/mol. The summed E-state index contributed by atoms with van der Waals surface area (Å²) in [6.45, 7) is 4.22. The van der Waals surface area contributed by atoms with Gasteiger partial charge in [-0.05, 0) is 0 Å². The number of anilines is 1. The predicted molar refractivity (Wildman–Crippen MR) is 35.1 cm³/mol. The van der Waals surface area contributed by atoms with E-state index in [1.54, 1.807) is 6.08 Å². The van der Waals surface area contributed by atoms with Crippen LogP contribution in [-0.4, -0.2) is 21.7 Å². The minimum Gasteiger partial charge on any atom is -0.349 e. The minimum atomic E-state index is 0.606. The van der Waals surface area contributed by atoms with Crippen LogP contribution in [0.3, 0.4) is 0 Å². The van der Waals surface area contributed by atoms with E-state index >= 15 is 0 Å². The van der Waals surface area contributed by atoms with Crippen molar-refractivity contribution < 1.29 is 0 Å². The van der Waals surface area contributed by atoms with Crippen molar-refractivity contribution in [3.8, 4) is 0 Å². The van der Waals surface area contributed by atoms with Gasteiger partial charge in [0.15, 0.2) is 0 Å². The number of hydrogen-bond donors (Lipinski definition) is 2. The first kappa shape index (κ1) is 5.81. The van der Waals surface area contributed by atoms with Crippen LogP contribution < -0.4 is 5.32 Å². The molecule has 1 aromatic heterocycles. The van der Waals surface area contributed by atoms with Gasteiger partial charge in [-0.25, -0.2) is 4.98 Å². The maximum atomic E-state index is 3.83. The first-order chi connectivity index (χ1) is 4.43. The average Bonchev–Trinajstić information content (AvgIpc) is 2.34. The highest BCUT2D eigenvalue weighted by Crippen LogP contribution is 1.89. The molecule has 0 fully saturated rings. The lowest BCUT2D eigenvalue weighted by Crippen LogP contribution is -1.98. The smallest absolute Gasteiger partial charge is 0.242 e. The van der Waals surface area contributed by atoms with E-state index in [4.69, 9.17) is 0 Å². The summed E-state index contributed by atoms with van der Waals surface area (Å²) in [4.78, 5) is 3.83. The average molecular weight is 124 g/mol. The zero-order valence-electron chi connectivity index (χ0n) is 4.96. The molecule has 4 heteroatoms. The number of H-pyrrole nitrogens is 1. The number of nitrogens with one attached hydrogen (secondary N) is 2. The Labute approximate surface area is 53.0 Å². The van der Waals surface area contributed by atoms with E-state index in [0.717, 1.165) is 0 Å². The van der Waals surface area contributed by atoms with Gasteiger partial charge in [0.05, 0.1) is 0 Å². The summed E-state index contributed by atoms with van der Waals surface area (Å²) in [5.41, 5.74) is 0. The summed E-state index contributed by atoms with van der Waals surface area (Å²) >= 11 is 0. The van der Waals surface area contributed by atoms with E-state index in [-0.39, 0.29) is 0 Å². The molecule has 0 saturated heterocycles. The van der Waals surface area contributed by atoms with Gasteiger partial charge in [-0.3, -0.25) is 5.10 Å². The van der Waals surface area contributed by atoms with Crippen molar-refractivity contribution in [1.82, 2.24) is 15.2 Å². The molecule has 0 saturated carbocycles. The Balaban J connectivity index is 2.38. The highest BCUT2D eigenvalue weighted by Gasteiger charge is 1.88. The molecule has 0 aliphatic rings. The number of nitrogens with zero attached hydrogens (tertiary/aromatic N) is 2. The first-order valence-corrected chi connectivity index (χ1v) is 2.64. The maximum absolute atomic E-state index is 3.83. The molecule has 48 valence electrons. The van der Waals surface area contributed by atoms with Crippen LogP contribution in [0.25, 0.3) is 0 Å². The van der Waals surface area contributed by atoms with Gasteiger partial charge < -0.3 is 5.32 Å². The Morgan fingerprint density at radius 2 is 2.78 bits per heavy atom. The van der Waals surface area contributed by atoms with Crippen LogP contribution in [0.15, 0.2) is 19.0 Å². The summed E-state index contributed by atoms with van der Waals surface area (Å²) in [6, 6.07) is 0. The van der Waals surface area contributed by atoms with E-state index in [1.807, 2.05) is 0 Å². The zero-order chi connectivity index (χ0) is 6.53. The van der Waals surface area contributed by atoms with Crippen molar-refractivity contribution >= 4 is 5.95 Å². The third-order valence-electron chi connectivity index (χ3n) is 0.820. The number of aromatic amines is 1. The van der Waals surface area contributed by atoms with Gasteiger partial charge in [0, 0.05) is 6.54 Å². The topological polar surface area (TPSA) is 53.6 Å². The second kappa shape index (κ2) is 2.86. The minimum absolute atomic E-state index is 0.606. The molecule has 0 aliphatic heterocycles. The van der Waals surface area contributed by atoms with Crippen LogP contribution in [-0.2, 0) is 0 Å². The second-order valence-electron chi connectivity index (χ2n) is 1.49. The summed E-state index contributed by atoms with van der Waals surface area (Å²) in [5.74, 6) is 0.606. The molecule has 2 N–H and O–H groups in total. The highest BCUT2D eigenvalue weighted by molar-refractivity contribution is 5.21. The van der Waals surface area contributed by atoms with Crippen LogP contribution in [0.2, 0.25) is 0 Å². The molecule has 9 heavy (non-hydrogen) atoms. The zero-order valence-corrected chi connectivity index (χ0v) is 4.96. The Hall–Kier alpha value is -1.32. The molecule has 0 aromatic carbocycles. The summed E-state index contributed by atoms with van der Waals surface area (Å²) < 4.78 is 0. The molecular formula is C5H8N4. The lowest BCUT2D eigenvalue weighted by molar-refractivity contribution is 1.08. The second-order valence-corrected chi connectivity index (χ2v) is 1.49. The third kappa shape index (κ3) is 1.56. The predicted octanol–water partition coefficient (Wildman–Crippen LogP) is 0.403. The standard InChI is InChI=1S/C5H8N4/c1-2-3-6-5-7-4-8-9-5/h2,4H,1,3H2,(H2,6,7,8,9). The van der Waals surface area contributed by atoms with E-state index in [9.17, 15) is 0 Å². The summed E-state index contributed by atoms with van der Waals surface area (Å²) in [7, 11) is 0. The fraction of sp³-hybridized carbons (Fsp3) is 0.200. The first-order valence-electron chi connectivity index (χ1n) is 2.64. The Bertz CT molecular complexity index is 167. The molecule has 0 unspecified atom stereocenters. The largest absolute Gasteiger partial charge is 0.349 e. The maximum Gasteiger partial charge on any atom is 0.242 e. The molecule has 0 atom stereocenters. The lowest BCUT2D eigenvalue weighted by Gasteiger charge is -1.91. The summed E-state index contributed by atoms with van der Waals surface area (Å²) in [6.07, 6.45) is 3.27. The monoisotopic (exact) mass is 124 g/mol. The van der Waals surface area contributed by atoms with Crippen molar-refractivity contribution in [3.63, 3.8) is 0 Å². The molecule has 1 heterocycles. The lowest BCUT2D eigenvalue weighted by atomic mass is 10.6. The Morgan fingerprint density at radius 1 is 1.89 bits per heavy atom. The van der Waals surface area contributed by atoms with Gasteiger partial charge in [-0.15, -0.1) is 11.7 Å². The molecule has 1 aromatic rings. The van der Waals surface area contributed by atoms with Gasteiger partial charge in [0.2, 0.25) is 5.95 Å². The highest BCUT2D eigenvalue weighted by atomic mass is 15.3. The van der Waals surface area contributed by atoms with Crippen LogP contribution in [0.5, 0.6) is 0 Å². The molecule has 0 bridgehead atoms. The fourth-order valence-electron chi connectivity index (χ4n) is 0.458. The normalized spacial score (nSPS) is 8.89. The SMILES string of the molecule is C=CCNc1nc[nH]n1. The molecule has 0 radical (unpaired) electrons. The van der Waals surface area contributed by atoms with Gasteiger partial charge in [0.1, 0.15) is 6.33 Å². The quantitative estimate of drug-likeness (QED) is 0.573. The van der Waals surface area contributed by atoms with Crippen LogP contribution >= 0.6 is 0 Å². The van der Waals surface area contributed by atoms with E-state index < -0.39 is 0 Å². The van der Waals surface area contributed by atoms with Crippen LogP contribution in [0.1, 0.15) is 0 Å². The van der Waals surface area contributed by atoms with Crippen molar-refractivity contribution in [1.29, 1.82) is 0 Å². The van der Waals surface area contributed by atoms with Crippen molar-refractivity contribution in [2.45, 2.75) is 0 Å². The van der Waals surface area contributed by atoms with Crippen molar-refractivity contribution in [2.24, 2.45) is 0 Å². The van der Waals surface area contributed by atoms with Crippen LogP contribution in [0.4, 0.5) is 5.95 Å². The van der Waals surface area contributed by atoms with Gasteiger partial charge in [-0.2, -0.15) is 0 Å². The Kier molecular flexibility index (Phi) is 1.85. The van der Waals surface area contributed by atoms with E-state index in [0.29, 0.717) is 12.5 Å². The number of aromatic nitrogens is 3. The van der Waals surface area contributed by atoms with Gasteiger partial charge >= 0.3 is 0 Å². The molecule has 0 aliphatic carbocycles. The fourth-order valence-corrected chi connectivity index (χ4v) is 0.458. The van der Waals surface area contributed by atoms with Gasteiger partial charge in [-0.1, -0.05) is 6.08 Å². The Morgan fingerprint density at radius 3 is 3.33 bits per heavy atom.